The lowest BCUT2D eigenvalue weighted by atomic mass is 9.98. The third-order valence-electron chi connectivity index (χ3n) is 6.32. The van der Waals surface area contributed by atoms with Crippen molar-refractivity contribution in [2.45, 2.75) is 19.9 Å². The molecule has 0 saturated carbocycles. The number of amidine groups is 1. The van der Waals surface area contributed by atoms with Crippen molar-refractivity contribution in [3.05, 3.63) is 102 Å². The van der Waals surface area contributed by atoms with Crippen LogP contribution < -0.4 is 10.5 Å². The van der Waals surface area contributed by atoms with Gasteiger partial charge in [-0.3, -0.25) is 9.13 Å². The van der Waals surface area contributed by atoms with E-state index < -0.39 is 5.97 Å². The number of aromatic nitrogens is 4. The Labute approximate surface area is 242 Å². The zero-order valence-electron chi connectivity index (χ0n) is 22.6. The number of nitrogens with two attached hydrogens (primary N) is 1. The normalized spacial score (nSPS) is 11.4. The number of methoxy groups -OCH3 is 1. The minimum Gasteiger partial charge on any atom is -0.465 e. The van der Waals surface area contributed by atoms with Crippen LogP contribution >= 0.6 is 12.2 Å². The summed E-state index contributed by atoms with van der Waals surface area (Å²) in [6.07, 6.45) is 5.60. The molecule has 3 aromatic carbocycles. The molecule has 0 aliphatic carbocycles. The summed E-state index contributed by atoms with van der Waals surface area (Å²) in [5.74, 6) is -0.246. The summed E-state index contributed by atoms with van der Waals surface area (Å²) in [5.41, 5.74) is 11.6. The number of thiocarbonyl (C=S) groups is 1. The fourth-order valence-electron chi connectivity index (χ4n) is 4.37. The molecule has 41 heavy (non-hydrogen) atoms. The van der Waals surface area contributed by atoms with Gasteiger partial charge in [0.15, 0.2) is 5.84 Å². The van der Waals surface area contributed by atoms with Gasteiger partial charge >= 0.3 is 11.1 Å². The number of para-hydroxylation sites is 1. The Morgan fingerprint density at radius 2 is 1.83 bits per heavy atom. The van der Waals surface area contributed by atoms with E-state index >= 15 is 0 Å². The number of hydrogen-bond acceptors (Lipinski definition) is 8. The fourth-order valence-corrected chi connectivity index (χ4v) is 4.52. The first-order valence-electron chi connectivity index (χ1n) is 12.9. The zero-order chi connectivity index (χ0) is 28.8. The van der Waals surface area contributed by atoms with Gasteiger partial charge in [-0.05, 0) is 47.5 Å². The molecule has 0 amide bonds. The second kappa shape index (κ2) is 12.4. The van der Waals surface area contributed by atoms with Gasteiger partial charge in [0.05, 0.1) is 36.9 Å². The summed E-state index contributed by atoms with van der Waals surface area (Å²) in [7, 11) is 1.37. The number of imidazole rings is 2. The maximum Gasteiger partial charge on any atom is 0.340 e. The molecule has 2 heterocycles. The van der Waals surface area contributed by atoms with Crippen LogP contribution in [-0.2, 0) is 16.1 Å². The summed E-state index contributed by atoms with van der Waals surface area (Å²) in [5, 5.41) is 4.15. The lowest BCUT2D eigenvalue weighted by Crippen LogP contribution is -2.17. The molecule has 0 atom stereocenters. The molecule has 11 heteroatoms. The Morgan fingerprint density at radius 3 is 2.56 bits per heavy atom. The SMILES string of the molecule is CCCOc1nc2cccc(C(=O)OC)c2n1Cc1ccc(-c2ccccc2/C(N)=N/OC(=S)n2ccnc2)cc1. The van der Waals surface area contributed by atoms with Crippen LogP contribution in [0.2, 0.25) is 0 Å². The van der Waals surface area contributed by atoms with Crippen LogP contribution in [0.3, 0.4) is 0 Å². The molecule has 208 valence electrons. The molecular weight excluding hydrogens is 540 g/mol. The van der Waals surface area contributed by atoms with Crippen molar-refractivity contribution < 1.29 is 19.1 Å². The topological polar surface area (TPSA) is 119 Å². The second-order valence-corrected chi connectivity index (χ2v) is 9.39. The van der Waals surface area contributed by atoms with Gasteiger partial charge in [0.1, 0.15) is 6.33 Å². The van der Waals surface area contributed by atoms with Gasteiger partial charge in [0.25, 0.3) is 6.01 Å². The predicted molar refractivity (Wildman–Crippen MR) is 160 cm³/mol. The highest BCUT2D eigenvalue weighted by molar-refractivity contribution is 7.80. The van der Waals surface area contributed by atoms with Crippen LogP contribution in [0.15, 0.2) is 90.6 Å². The van der Waals surface area contributed by atoms with E-state index in [2.05, 4.69) is 15.1 Å². The quantitative estimate of drug-likeness (QED) is 0.0868. The molecule has 5 rings (SSSR count). The van der Waals surface area contributed by atoms with E-state index in [4.69, 9.17) is 32.3 Å². The number of nitrogens with zero attached hydrogens (tertiary/aromatic N) is 5. The molecule has 0 spiro atoms. The number of hydrogen-bond donors (Lipinski definition) is 1. The van der Waals surface area contributed by atoms with Crippen molar-refractivity contribution in [3.8, 4) is 17.1 Å². The molecule has 2 N–H and O–H groups in total. The number of ether oxygens (including phenoxy) is 2. The first kappa shape index (κ1) is 27.5. The lowest BCUT2D eigenvalue weighted by Gasteiger charge is -2.13. The van der Waals surface area contributed by atoms with E-state index in [9.17, 15) is 4.79 Å². The summed E-state index contributed by atoms with van der Waals surface area (Å²) in [4.78, 5) is 26.5. The molecule has 2 aromatic heterocycles. The molecular formula is C30H28N6O4S. The summed E-state index contributed by atoms with van der Waals surface area (Å²) < 4.78 is 14.4. The van der Waals surface area contributed by atoms with Gasteiger partial charge in [0.2, 0.25) is 0 Å². The molecule has 5 aromatic rings. The summed E-state index contributed by atoms with van der Waals surface area (Å²) in [6, 6.07) is 21.5. The average molecular weight is 569 g/mol. The van der Waals surface area contributed by atoms with E-state index in [-0.39, 0.29) is 11.0 Å². The van der Waals surface area contributed by atoms with Crippen LogP contribution in [0, 0.1) is 0 Å². The third kappa shape index (κ3) is 5.94. The van der Waals surface area contributed by atoms with Crippen molar-refractivity contribution in [2.24, 2.45) is 10.9 Å². The Kier molecular flexibility index (Phi) is 8.35. The minimum absolute atomic E-state index is 0.108. The first-order chi connectivity index (χ1) is 20.0. The Hall–Kier alpha value is -5.03. The largest absolute Gasteiger partial charge is 0.465 e. The fraction of sp³-hybridized carbons (Fsp3) is 0.167. The van der Waals surface area contributed by atoms with Crippen molar-refractivity contribution in [1.82, 2.24) is 19.1 Å². The molecule has 0 radical (unpaired) electrons. The van der Waals surface area contributed by atoms with Crippen molar-refractivity contribution in [1.29, 1.82) is 0 Å². The number of fused-ring (bicyclic) bond motifs is 1. The second-order valence-electron chi connectivity index (χ2n) is 9.04. The first-order valence-corrected chi connectivity index (χ1v) is 13.3. The molecule has 0 aliphatic heterocycles. The lowest BCUT2D eigenvalue weighted by molar-refractivity contribution is 0.0602. The Morgan fingerprint density at radius 1 is 1.05 bits per heavy atom. The maximum atomic E-state index is 12.5. The number of oxime groups is 1. The number of benzene rings is 3. The highest BCUT2D eigenvalue weighted by atomic mass is 32.1. The number of rotatable bonds is 9. The van der Waals surface area contributed by atoms with Crippen molar-refractivity contribution in [2.75, 3.05) is 13.7 Å². The van der Waals surface area contributed by atoms with E-state index in [1.807, 2.05) is 66.1 Å². The van der Waals surface area contributed by atoms with Gasteiger partial charge in [-0.25, -0.2) is 9.78 Å². The number of esters is 1. The van der Waals surface area contributed by atoms with Crippen LogP contribution in [-0.4, -0.2) is 49.8 Å². The van der Waals surface area contributed by atoms with Gasteiger partial charge in [0, 0.05) is 18.0 Å². The van der Waals surface area contributed by atoms with Crippen molar-refractivity contribution in [3.63, 3.8) is 0 Å². The Balaban J connectivity index is 1.43. The highest BCUT2D eigenvalue weighted by Gasteiger charge is 2.20. The average Bonchev–Trinajstić information content (AvgIpc) is 3.67. The smallest absolute Gasteiger partial charge is 0.340 e. The standard InChI is InChI=1S/C30H28N6O4S/c1-3-17-39-29-33-25-10-6-9-24(28(37)38-2)26(25)36(29)18-20-11-13-21(14-12-20)22-7-4-5-8-23(22)27(31)34-40-30(41)35-16-15-32-19-35/h4-16,19H,3,17-18H2,1-2H3,(H2,31,34). The van der Waals surface area contributed by atoms with Crippen LogP contribution in [0.5, 0.6) is 6.01 Å². The molecule has 0 fully saturated rings. The van der Waals surface area contributed by atoms with Crippen LogP contribution in [0.1, 0.15) is 34.8 Å². The Bertz CT molecular complexity index is 1710. The number of carbonyl (C=O) groups is 1. The van der Waals surface area contributed by atoms with E-state index in [1.165, 1.54) is 18.0 Å². The van der Waals surface area contributed by atoms with Gasteiger partial charge in [-0.2, -0.15) is 4.98 Å². The van der Waals surface area contributed by atoms with Gasteiger partial charge < -0.3 is 20.0 Å². The maximum absolute atomic E-state index is 12.5. The van der Waals surface area contributed by atoms with Crippen molar-refractivity contribution >= 4 is 40.2 Å². The summed E-state index contributed by atoms with van der Waals surface area (Å²) in [6.45, 7) is 2.97. The van der Waals surface area contributed by atoms with Crippen LogP contribution in [0.4, 0.5) is 0 Å². The number of carbonyl (C=O) groups excluding carboxylic acids is 1. The van der Waals surface area contributed by atoms with E-state index in [1.54, 1.807) is 24.5 Å². The monoisotopic (exact) mass is 568 g/mol. The van der Waals surface area contributed by atoms with Gasteiger partial charge in [-0.15, -0.1) is 0 Å². The molecule has 0 aliphatic rings. The predicted octanol–water partition coefficient (Wildman–Crippen LogP) is 4.99. The van der Waals surface area contributed by atoms with E-state index in [0.717, 1.165) is 23.1 Å². The van der Waals surface area contributed by atoms with Crippen LogP contribution in [0.25, 0.3) is 22.2 Å². The van der Waals surface area contributed by atoms with Gasteiger partial charge in [-0.1, -0.05) is 66.7 Å². The molecule has 0 unspecified atom stereocenters. The molecule has 0 bridgehead atoms. The molecule has 10 nitrogen and oxygen atoms in total. The minimum atomic E-state index is -0.431. The summed E-state index contributed by atoms with van der Waals surface area (Å²) >= 11 is 5.22. The highest BCUT2D eigenvalue weighted by Crippen LogP contribution is 2.28. The van der Waals surface area contributed by atoms with E-state index in [0.29, 0.717) is 41.3 Å². The zero-order valence-corrected chi connectivity index (χ0v) is 23.4. The molecule has 0 saturated heterocycles. The third-order valence-corrected chi connectivity index (χ3v) is 6.60.